The van der Waals surface area contributed by atoms with Gasteiger partial charge in [0.15, 0.2) is 0 Å². The molecule has 0 unspecified atom stereocenters. The van der Waals surface area contributed by atoms with E-state index in [1.165, 1.54) is 16.7 Å². The predicted octanol–water partition coefficient (Wildman–Crippen LogP) is 2.74. The van der Waals surface area contributed by atoms with Crippen LogP contribution in [0.15, 0.2) is 24.3 Å². The smallest absolute Gasteiger partial charge is 0.0215 e. The molecule has 2 heteroatoms. The number of benzene rings is 1. The van der Waals surface area contributed by atoms with Crippen LogP contribution in [0.4, 0.5) is 0 Å². The van der Waals surface area contributed by atoms with E-state index in [-0.39, 0.29) is 0 Å². The maximum Gasteiger partial charge on any atom is 0.0215 e. The largest absolute Gasteiger partial charge is 0.312 e. The van der Waals surface area contributed by atoms with E-state index in [0.29, 0.717) is 0 Å². The Morgan fingerprint density at radius 1 is 1.36 bits per heavy atom. The van der Waals surface area contributed by atoms with Crippen molar-refractivity contribution >= 4 is 22.0 Å². The first kappa shape index (κ1) is 9.94. The molecule has 0 amide bonds. The van der Waals surface area contributed by atoms with Crippen LogP contribution in [-0.4, -0.2) is 11.9 Å². The Hall–Kier alpha value is -0.600. The molecule has 0 aliphatic carbocycles. The van der Waals surface area contributed by atoms with Gasteiger partial charge in [0.1, 0.15) is 0 Å². The molecule has 2 rings (SSSR count). The van der Waals surface area contributed by atoms with E-state index in [1.54, 1.807) is 0 Å². The third-order valence-electron chi connectivity index (χ3n) is 2.52. The molecule has 0 bridgehead atoms. The quantitative estimate of drug-likeness (QED) is 0.798. The molecule has 1 aromatic rings. The number of hydrogen-bond donors (Lipinski definition) is 1. The molecule has 0 atom stereocenters. The molecule has 0 spiro atoms. The molecule has 14 heavy (non-hydrogen) atoms. The minimum absolute atomic E-state index is 0.919. The number of nitrogens with one attached hydrogen (secondary N) is 1. The molecule has 0 aromatic heterocycles. The molecule has 1 aromatic carbocycles. The van der Waals surface area contributed by atoms with Crippen molar-refractivity contribution in [3.63, 3.8) is 0 Å². The Labute approximate surface area is 93.3 Å². The van der Waals surface area contributed by atoms with E-state index in [0.717, 1.165) is 24.8 Å². The first-order chi connectivity index (χ1) is 6.90. The number of hydrogen-bond acceptors (Lipinski definition) is 1. The second-order valence-electron chi connectivity index (χ2n) is 3.51. The monoisotopic (exact) mass is 251 g/mol. The lowest BCUT2D eigenvalue weighted by molar-refractivity contribution is 0.643. The van der Waals surface area contributed by atoms with Gasteiger partial charge in [-0.3, -0.25) is 0 Å². The highest BCUT2D eigenvalue weighted by Crippen LogP contribution is 2.16. The van der Waals surface area contributed by atoms with Crippen LogP contribution in [0.2, 0.25) is 0 Å². The standard InChI is InChI=1S/C12H14BrN/c13-6-1-2-10-3-4-11-5-7-14-9-12(11)8-10/h1-4,8,14H,5-7,9H2. The summed E-state index contributed by atoms with van der Waals surface area (Å²) in [6.07, 6.45) is 5.44. The molecular formula is C12H14BrN. The molecule has 1 aliphatic rings. The lowest BCUT2D eigenvalue weighted by Crippen LogP contribution is -2.23. The number of fused-ring (bicyclic) bond motifs is 1. The first-order valence-electron chi connectivity index (χ1n) is 4.95. The van der Waals surface area contributed by atoms with Gasteiger partial charge in [-0.1, -0.05) is 46.3 Å². The van der Waals surface area contributed by atoms with Gasteiger partial charge in [0.25, 0.3) is 0 Å². The third kappa shape index (κ3) is 2.25. The highest BCUT2D eigenvalue weighted by atomic mass is 79.9. The Morgan fingerprint density at radius 2 is 2.29 bits per heavy atom. The van der Waals surface area contributed by atoms with E-state index < -0.39 is 0 Å². The van der Waals surface area contributed by atoms with Crippen molar-refractivity contribution in [2.75, 3.05) is 11.9 Å². The zero-order chi connectivity index (χ0) is 9.80. The minimum Gasteiger partial charge on any atom is -0.312 e. The molecule has 1 aliphatic heterocycles. The minimum atomic E-state index is 0.919. The van der Waals surface area contributed by atoms with Crippen molar-refractivity contribution in [2.45, 2.75) is 13.0 Å². The normalized spacial score (nSPS) is 15.8. The van der Waals surface area contributed by atoms with Crippen LogP contribution in [0.25, 0.3) is 6.08 Å². The van der Waals surface area contributed by atoms with Crippen LogP contribution in [-0.2, 0) is 13.0 Å². The average Bonchev–Trinajstić information content (AvgIpc) is 2.26. The second kappa shape index (κ2) is 4.76. The van der Waals surface area contributed by atoms with Crippen LogP contribution < -0.4 is 5.32 Å². The summed E-state index contributed by atoms with van der Waals surface area (Å²) in [6, 6.07) is 6.73. The number of rotatable bonds is 2. The Kier molecular flexibility index (Phi) is 3.38. The van der Waals surface area contributed by atoms with E-state index in [9.17, 15) is 0 Å². The number of allylic oxidation sites excluding steroid dienone is 1. The van der Waals surface area contributed by atoms with E-state index in [4.69, 9.17) is 0 Å². The van der Waals surface area contributed by atoms with Crippen molar-refractivity contribution < 1.29 is 0 Å². The van der Waals surface area contributed by atoms with E-state index >= 15 is 0 Å². The van der Waals surface area contributed by atoms with Crippen LogP contribution in [0.3, 0.4) is 0 Å². The van der Waals surface area contributed by atoms with E-state index in [1.807, 2.05) is 0 Å². The molecule has 0 fully saturated rings. The highest BCUT2D eigenvalue weighted by Gasteiger charge is 2.07. The molecule has 0 radical (unpaired) electrons. The average molecular weight is 252 g/mol. The fraction of sp³-hybridized carbons (Fsp3) is 0.333. The zero-order valence-electron chi connectivity index (χ0n) is 8.09. The lowest BCUT2D eigenvalue weighted by atomic mass is 9.98. The van der Waals surface area contributed by atoms with Gasteiger partial charge < -0.3 is 5.32 Å². The molecule has 1 heterocycles. The SMILES string of the molecule is BrCC=Cc1ccc2c(c1)CNCC2. The predicted molar refractivity (Wildman–Crippen MR) is 64.7 cm³/mol. The third-order valence-corrected chi connectivity index (χ3v) is 2.89. The van der Waals surface area contributed by atoms with Gasteiger partial charge >= 0.3 is 0 Å². The summed E-state index contributed by atoms with van der Waals surface area (Å²) in [5, 5.41) is 4.31. The van der Waals surface area contributed by atoms with Crippen LogP contribution in [0.5, 0.6) is 0 Å². The summed E-state index contributed by atoms with van der Waals surface area (Å²) in [5.74, 6) is 0. The Morgan fingerprint density at radius 3 is 3.14 bits per heavy atom. The van der Waals surface area contributed by atoms with Crippen molar-refractivity contribution in [2.24, 2.45) is 0 Å². The van der Waals surface area contributed by atoms with Crippen LogP contribution >= 0.6 is 15.9 Å². The maximum atomic E-state index is 3.39. The summed E-state index contributed by atoms with van der Waals surface area (Å²) in [6.45, 7) is 2.13. The Balaban J connectivity index is 2.24. The molecule has 1 N–H and O–H groups in total. The van der Waals surface area contributed by atoms with Gasteiger partial charge in [0.2, 0.25) is 0 Å². The highest BCUT2D eigenvalue weighted by molar-refractivity contribution is 9.09. The van der Waals surface area contributed by atoms with Gasteiger partial charge in [-0.25, -0.2) is 0 Å². The summed E-state index contributed by atoms with van der Waals surface area (Å²) in [4.78, 5) is 0. The van der Waals surface area contributed by atoms with Crippen molar-refractivity contribution in [1.29, 1.82) is 0 Å². The van der Waals surface area contributed by atoms with Crippen molar-refractivity contribution in [3.8, 4) is 0 Å². The fourth-order valence-corrected chi connectivity index (χ4v) is 1.97. The fourth-order valence-electron chi connectivity index (χ4n) is 1.78. The van der Waals surface area contributed by atoms with Gasteiger partial charge in [-0.05, 0) is 29.7 Å². The van der Waals surface area contributed by atoms with Crippen LogP contribution in [0, 0.1) is 0 Å². The van der Waals surface area contributed by atoms with Gasteiger partial charge in [0.05, 0.1) is 0 Å². The summed E-state index contributed by atoms with van der Waals surface area (Å²) < 4.78 is 0. The maximum absolute atomic E-state index is 3.39. The summed E-state index contributed by atoms with van der Waals surface area (Å²) in [5.41, 5.74) is 4.25. The molecule has 0 saturated carbocycles. The van der Waals surface area contributed by atoms with Gasteiger partial charge in [-0.2, -0.15) is 0 Å². The summed E-state index contributed by atoms with van der Waals surface area (Å²) in [7, 11) is 0. The second-order valence-corrected chi connectivity index (χ2v) is 4.16. The molecule has 0 saturated heterocycles. The lowest BCUT2D eigenvalue weighted by Gasteiger charge is -2.17. The van der Waals surface area contributed by atoms with Crippen molar-refractivity contribution in [3.05, 3.63) is 41.0 Å². The number of halogens is 1. The van der Waals surface area contributed by atoms with Crippen LogP contribution in [0.1, 0.15) is 16.7 Å². The topological polar surface area (TPSA) is 12.0 Å². The van der Waals surface area contributed by atoms with Gasteiger partial charge in [-0.15, -0.1) is 0 Å². The first-order valence-corrected chi connectivity index (χ1v) is 6.07. The molecular weight excluding hydrogens is 238 g/mol. The van der Waals surface area contributed by atoms with Gasteiger partial charge in [0, 0.05) is 11.9 Å². The summed E-state index contributed by atoms with van der Waals surface area (Å²) >= 11 is 3.38. The Bertz CT molecular complexity index is 344. The van der Waals surface area contributed by atoms with E-state index in [2.05, 4.69) is 51.6 Å². The zero-order valence-corrected chi connectivity index (χ0v) is 9.68. The van der Waals surface area contributed by atoms with Crippen molar-refractivity contribution in [1.82, 2.24) is 5.32 Å². The molecule has 74 valence electrons. The number of alkyl halides is 1. The molecule has 1 nitrogen and oxygen atoms in total.